The highest BCUT2D eigenvalue weighted by molar-refractivity contribution is 5.79. The molecule has 8 heterocycles. The summed E-state index contributed by atoms with van der Waals surface area (Å²) in [7, 11) is 3.37. The first kappa shape index (κ1) is 38.2. The van der Waals surface area contributed by atoms with Gasteiger partial charge in [0.05, 0.1) is 78.8 Å². The molecular formula is C42H63NO11. The van der Waals surface area contributed by atoms with Gasteiger partial charge in [-0.05, 0) is 67.9 Å². The Balaban J connectivity index is 0.998. The second kappa shape index (κ2) is 14.8. The zero-order chi connectivity index (χ0) is 37.5. The fourth-order valence-electron chi connectivity index (χ4n) is 11.9. The number of aliphatic hydroxyl groups is 1. The zero-order valence-corrected chi connectivity index (χ0v) is 32.4. The lowest BCUT2D eigenvalue weighted by molar-refractivity contribution is -0.278. The van der Waals surface area contributed by atoms with Crippen LogP contribution in [0.1, 0.15) is 96.8 Å². The lowest BCUT2D eigenvalue weighted by atomic mass is 9.81. The first-order valence-electron chi connectivity index (χ1n) is 21.0. The molecule has 19 atom stereocenters. The van der Waals surface area contributed by atoms with E-state index in [2.05, 4.69) is 20.1 Å². The third-order valence-corrected chi connectivity index (χ3v) is 14.9. The third kappa shape index (κ3) is 7.01. The molecule has 0 aromatic heterocycles. The molecule has 4 unspecified atom stereocenters. The predicted molar refractivity (Wildman–Crippen MR) is 195 cm³/mol. The largest absolute Gasteiger partial charge is 0.390 e. The summed E-state index contributed by atoms with van der Waals surface area (Å²) in [5, 5.41) is 11.3. The maximum absolute atomic E-state index is 14.1. The quantitative estimate of drug-likeness (QED) is 0.390. The summed E-state index contributed by atoms with van der Waals surface area (Å²) in [6.07, 6.45) is 5.72. The lowest BCUT2D eigenvalue weighted by Crippen LogP contribution is -2.58. The van der Waals surface area contributed by atoms with Gasteiger partial charge in [-0.3, -0.25) is 4.79 Å². The molecule has 302 valence electrons. The summed E-state index contributed by atoms with van der Waals surface area (Å²) in [5.74, 6) is -0.439. The number of ether oxygens (including phenoxy) is 9. The molecular weight excluding hydrogens is 694 g/mol. The van der Waals surface area contributed by atoms with E-state index in [1.54, 1.807) is 14.2 Å². The van der Waals surface area contributed by atoms with Crippen LogP contribution in [0.2, 0.25) is 0 Å². The summed E-state index contributed by atoms with van der Waals surface area (Å²) in [6, 6.07) is 0. The molecule has 8 aliphatic heterocycles. The molecule has 54 heavy (non-hydrogen) atoms. The standard InChI is InChI=1S/C42H63NO11/c1-21-10-26-6-8-31-22(2)16-41(52-31)17-24(41)18-42-19-30(45)39(54-42)36-15-37(53-42)40-32(50-36)9-7-27(49-40)11-25(44)12-29-34(14-33(48-26)23(21)3)51-35(38(29)47-5)13-28(20-43)46-4/h21,24,26-40,45H,2-3,6-20,43H2,1,4-5H3/t21-,24?,26+,27-,28+,29+,30-,31+,32?,33-,34+,35-,36?,37-,38-,39+,40+,41?,42-/m1/s1. The zero-order valence-electron chi connectivity index (χ0n) is 32.4. The van der Waals surface area contributed by atoms with Crippen LogP contribution in [0.4, 0.5) is 0 Å². The fourth-order valence-corrected chi connectivity index (χ4v) is 11.9. The van der Waals surface area contributed by atoms with E-state index < -0.39 is 18.0 Å². The van der Waals surface area contributed by atoms with E-state index in [4.69, 9.17) is 48.4 Å². The molecule has 0 radical (unpaired) electrons. The Morgan fingerprint density at radius 1 is 0.852 bits per heavy atom. The smallest absolute Gasteiger partial charge is 0.172 e. The number of fused-ring (bicyclic) bond motifs is 8. The van der Waals surface area contributed by atoms with Crippen molar-refractivity contribution in [2.75, 3.05) is 20.8 Å². The first-order valence-corrected chi connectivity index (χ1v) is 21.0. The molecule has 1 saturated carbocycles. The van der Waals surface area contributed by atoms with Crippen LogP contribution in [-0.2, 0) is 47.4 Å². The van der Waals surface area contributed by atoms with Crippen molar-refractivity contribution in [2.24, 2.45) is 23.5 Å². The molecule has 0 aromatic rings. The minimum Gasteiger partial charge on any atom is -0.390 e. The predicted octanol–water partition coefficient (Wildman–Crippen LogP) is 4.08. The molecule has 9 rings (SSSR count). The second-order valence-corrected chi connectivity index (χ2v) is 18.4. The maximum atomic E-state index is 14.1. The number of Topliss-reactive ketones (excluding diaryl/α,β-unsaturated/α-hetero) is 1. The number of ketones is 1. The number of rotatable bonds is 5. The van der Waals surface area contributed by atoms with E-state index in [0.29, 0.717) is 57.9 Å². The number of nitrogens with two attached hydrogens (primary N) is 1. The average Bonchev–Trinajstić information content (AvgIpc) is 3.36. The van der Waals surface area contributed by atoms with Crippen molar-refractivity contribution in [3.05, 3.63) is 24.3 Å². The van der Waals surface area contributed by atoms with Crippen LogP contribution < -0.4 is 5.73 Å². The van der Waals surface area contributed by atoms with Gasteiger partial charge in [0.25, 0.3) is 0 Å². The molecule has 12 heteroatoms. The van der Waals surface area contributed by atoms with E-state index in [0.717, 1.165) is 49.7 Å². The normalized spacial score (nSPS) is 52.3. The van der Waals surface area contributed by atoms with Crippen LogP contribution in [0.3, 0.4) is 0 Å². The van der Waals surface area contributed by atoms with E-state index >= 15 is 0 Å². The van der Waals surface area contributed by atoms with Crippen molar-refractivity contribution >= 4 is 5.78 Å². The number of carbonyl (C=O) groups excluding carboxylic acids is 1. The molecule has 2 spiro atoms. The van der Waals surface area contributed by atoms with Gasteiger partial charge < -0.3 is 53.5 Å². The Kier molecular flexibility index (Phi) is 10.5. The lowest BCUT2D eigenvalue weighted by Gasteiger charge is -2.47. The first-order chi connectivity index (χ1) is 26.0. The average molecular weight is 758 g/mol. The Hall–Kier alpha value is -1.29. The monoisotopic (exact) mass is 757 g/mol. The molecule has 1 aliphatic carbocycles. The van der Waals surface area contributed by atoms with Gasteiger partial charge in [-0.15, -0.1) is 0 Å². The maximum Gasteiger partial charge on any atom is 0.172 e. The topological polar surface area (TPSA) is 146 Å². The molecule has 9 aliphatic rings. The number of hydrogen-bond donors (Lipinski definition) is 2. The molecule has 0 amide bonds. The summed E-state index contributed by atoms with van der Waals surface area (Å²) in [5.41, 5.74) is 8.02. The molecule has 10 bridgehead atoms. The fraction of sp³-hybridized carbons (Fsp3) is 0.881. The van der Waals surface area contributed by atoms with Crippen LogP contribution in [-0.4, -0.2) is 128 Å². The van der Waals surface area contributed by atoms with Crippen LogP contribution in [0.15, 0.2) is 24.3 Å². The minimum absolute atomic E-state index is 0.0280. The van der Waals surface area contributed by atoms with Crippen molar-refractivity contribution in [3.8, 4) is 0 Å². The molecule has 3 N–H and O–H groups in total. The Bertz CT molecular complexity index is 1440. The number of carbonyl (C=O) groups is 1. The highest BCUT2D eigenvalue weighted by atomic mass is 16.7. The van der Waals surface area contributed by atoms with Crippen molar-refractivity contribution < 1.29 is 52.5 Å². The van der Waals surface area contributed by atoms with E-state index in [-0.39, 0.29) is 102 Å². The van der Waals surface area contributed by atoms with E-state index in [1.807, 2.05) is 0 Å². The molecule has 0 aromatic carbocycles. The summed E-state index contributed by atoms with van der Waals surface area (Å²) in [6.45, 7) is 11.6. The van der Waals surface area contributed by atoms with Crippen LogP contribution in [0, 0.1) is 17.8 Å². The van der Waals surface area contributed by atoms with Gasteiger partial charge in [-0.25, -0.2) is 0 Å². The summed E-state index contributed by atoms with van der Waals surface area (Å²) in [4.78, 5) is 14.1. The second-order valence-electron chi connectivity index (χ2n) is 18.4. The van der Waals surface area contributed by atoms with Gasteiger partial charge in [0.15, 0.2) is 5.79 Å². The van der Waals surface area contributed by atoms with Crippen LogP contribution in [0.25, 0.3) is 0 Å². The van der Waals surface area contributed by atoms with Crippen molar-refractivity contribution in [2.45, 2.75) is 194 Å². The van der Waals surface area contributed by atoms with Gasteiger partial charge in [-0.2, -0.15) is 0 Å². The highest BCUT2D eigenvalue weighted by Crippen LogP contribution is 2.62. The summed E-state index contributed by atoms with van der Waals surface area (Å²) < 4.78 is 59.5. The van der Waals surface area contributed by atoms with Gasteiger partial charge in [-0.1, -0.05) is 20.1 Å². The van der Waals surface area contributed by atoms with Crippen molar-refractivity contribution in [1.29, 1.82) is 0 Å². The Labute approximate surface area is 320 Å². The minimum atomic E-state index is -0.930. The van der Waals surface area contributed by atoms with E-state index in [9.17, 15) is 9.90 Å². The van der Waals surface area contributed by atoms with Gasteiger partial charge >= 0.3 is 0 Å². The van der Waals surface area contributed by atoms with Crippen LogP contribution >= 0.6 is 0 Å². The molecule has 12 nitrogen and oxygen atoms in total. The molecule has 9 fully saturated rings. The Morgan fingerprint density at radius 2 is 1.69 bits per heavy atom. The van der Waals surface area contributed by atoms with Crippen molar-refractivity contribution in [3.63, 3.8) is 0 Å². The number of methoxy groups -OCH3 is 2. The molecule has 8 saturated heterocycles. The van der Waals surface area contributed by atoms with Gasteiger partial charge in [0.1, 0.15) is 18.0 Å². The Morgan fingerprint density at radius 3 is 2.48 bits per heavy atom. The third-order valence-electron chi connectivity index (χ3n) is 14.9. The van der Waals surface area contributed by atoms with E-state index in [1.165, 1.54) is 0 Å². The number of hydrogen-bond acceptors (Lipinski definition) is 12. The highest BCUT2D eigenvalue weighted by Gasteiger charge is 2.66. The summed E-state index contributed by atoms with van der Waals surface area (Å²) >= 11 is 0. The SMILES string of the molecule is C=C1CC23CC2C[C@]24C[C@@H](O)[C@H](O2)C2C[C@@H](O4)[C@H]4O[C@H](CCC4O2)CC(=O)C[C@@H]2[C@@H](OC)[C@@H](C[C@@H](CN)OC)O[C@H]2C[C@H]2O[C@@H](CC[C@@H]1O3)C[C@@H](C)C2=C. The van der Waals surface area contributed by atoms with Gasteiger partial charge in [0, 0.05) is 71.6 Å². The van der Waals surface area contributed by atoms with Gasteiger partial charge in [0.2, 0.25) is 0 Å². The number of aliphatic hydroxyl groups excluding tert-OH is 1. The van der Waals surface area contributed by atoms with Crippen LogP contribution in [0.5, 0.6) is 0 Å². The van der Waals surface area contributed by atoms with Crippen molar-refractivity contribution in [1.82, 2.24) is 0 Å².